The number of halogens is 1. The highest BCUT2D eigenvalue weighted by atomic mass is 79.9. The third kappa shape index (κ3) is 5.62. The Hall–Kier alpha value is -1.59. The minimum Gasteiger partial charge on any atom is -0.444 e. The molecule has 0 N–H and O–H groups in total. The number of carbonyl (C=O) groups excluding carboxylic acids is 1. The molecule has 5 heteroatoms. The summed E-state index contributed by atoms with van der Waals surface area (Å²) in [6, 6.07) is 6.95. The lowest BCUT2D eigenvalue weighted by Crippen LogP contribution is -2.39. The van der Waals surface area contributed by atoms with Gasteiger partial charge in [0.2, 0.25) is 0 Å². The number of hydrogen-bond donors (Lipinski definition) is 0. The maximum atomic E-state index is 12.4. The summed E-state index contributed by atoms with van der Waals surface area (Å²) in [4.78, 5) is 14.9. The Morgan fingerprint density at radius 2 is 1.94 bits per heavy atom. The van der Waals surface area contributed by atoms with E-state index in [0.29, 0.717) is 12.5 Å². The van der Waals surface area contributed by atoms with Gasteiger partial charge in [-0.2, -0.15) is 0 Å². The zero-order valence-corrected chi connectivity index (χ0v) is 22.8. The van der Waals surface area contributed by atoms with Crippen molar-refractivity contribution in [2.24, 2.45) is 5.92 Å². The van der Waals surface area contributed by atoms with E-state index in [-0.39, 0.29) is 12.7 Å². The molecule has 186 valence electrons. The molecule has 1 aromatic carbocycles. The zero-order valence-electron chi connectivity index (χ0n) is 21.2. The molecule has 2 atom stereocenters. The van der Waals surface area contributed by atoms with Crippen molar-refractivity contribution in [2.45, 2.75) is 97.2 Å². The minimum absolute atomic E-state index is 0.0887. The van der Waals surface area contributed by atoms with Gasteiger partial charge >= 0.3 is 5.97 Å². The molecule has 2 aliphatic rings. The van der Waals surface area contributed by atoms with Gasteiger partial charge in [-0.3, -0.25) is 9.69 Å². The number of hydrogen-bond acceptors (Lipinski definition) is 3. The first kappa shape index (κ1) is 25.5. The van der Waals surface area contributed by atoms with Gasteiger partial charge in [-0.15, -0.1) is 0 Å². The van der Waals surface area contributed by atoms with Crippen molar-refractivity contribution in [2.75, 3.05) is 13.6 Å². The number of likely N-dealkylation sites (N-methyl/N-ethyl adjacent to an activating group) is 1. The number of aromatic nitrogens is 1. The van der Waals surface area contributed by atoms with E-state index in [1.165, 1.54) is 60.6 Å². The Kier molecular flexibility index (Phi) is 8.92. The van der Waals surface area contributed by atoms with E-state index in [4.69, 9.17) is 4.74 Å². The maximum absolute atomic E-state index is 12.4. The Labute approximate surface area is 213 Å². The number of esters is 1. The number of ether oxygens (including phenoxy) is 1. The van der Waals surface area contributed by atoms with E-state index in [1.54, 1.807) is 0 Å². The third-order valence-corrected chi connectivity index (χ3v) is 8.85. The summed E-state index contributed by atoms with van der Waals surface area (Å²) < 4.78 is 8.91. The van der Waals surface area contributed by atoms with Gasteiger partial charge in [0, 0.05) is 24.4 Å². The monoisotopic (exact) mass is 528 g/mol. The standard InChI is InChI=1S/C29H41BrN2O2/c1-4-21(2)13-9-7-5-6-8-10-17-27(33)34-20-32-25-16-11-14-23-22-15-12-18-31(3)26(22)19-24(28(23)25)29(32)30/h11,14-16,21,26H,4-10,12-13,17-20H2,1-3H3. The van der Waals surface area contributed by atoms with Gasteiger partial charge in [0.05, 0.1) is 10.1 Å². The van der Waals surface area contributed by atoms with Crippen molar-refractivity contribution in [3.63, 3.8) is 0 Å². The number of nitrogens with zero attached hydrogens (tertiary/aromatic N) is 2. The molecule has 2 aromatic rings. The quantitative estimate of drug-likeness (QED) is 0.209. The lowest BCUT2D eigenvalue weighted by atomic mass is 9.82. The number of unbranched alkanes of at least 4 members (excludes halogenated alkanes) is 5. The number of rotatable bonds is 12. The van der Waals surface area contributed by atoms with Gasteiger partial charge in [0.15, 0.2) is 6.73 Å². The molecule has 0 amide bonds. The van der Waals surface area contributed by atoms with E-state index in [2.05, 4.69) is 70.6 Å². The van der Waals surface area contributed by atoms with Crippen molar-refractivity contribution >= 4 is 38.4 Å². The molecule has 4 rings (SSSR count). The fourth-order valence-electron chi connectivity index (χ4n) is 5.59. The van der Waals surface area contributed by atoms with E-state index in [1.807, 2.05) is 0 Å². The fourth-order valence-corrected chi connectivity index (χ4v) is 6.24. The van der Waals surface area contributed by atoms with Crippen LogP contribution in [0.5, 0.6) is 0 Å². The van der Waals surface area contributed by atoms with Crippen molar-refractivity contribution < 1.29 is 9.53 Å². The lowest BCUT2D eigenvalue weighted by Gasteiger charge is -2.37. The average molecular weight is 530 g/mol. The second-order valence-electron chi connectivity index (χ2n) is 10.4. The van der Waals surface area contributed by atoms with E-state index in [0.717, 1.165) is 48.3 Å². The molecule has 2 unspecified atom stereocenters. The second-order valence-corrected chi connectivity index (χ2v) is 11.1. The van der Waals surface area contributed by atoms with Crippen LogP contribution in [-0.2, 0) is 22.7 Å². The number of fused-ring (bicyclic) bond motifs is 2. The van der Waals surface area contributed by atoms with E-state index >= 15 is 0 Å². The van der Waals surface area contributed by atoms with Gasteiger partial charge < -0.3 is 9.30 Å². The Bertz CT molecular complexity index is 1020. The molecule has 1 aliphatic carbocycles. The van der Waals surface area contributed by atoms with Crippen LogP contribution in [0.1, 0.15) is 89.2 Å². The molecular formula is C29H41BrN2O2. The maximum Gasteiger partial charge on any atom is 0.307 e. The summed E-state index contributed by atoms with van der Waals surface area (Å²) in [5.74, 6) is 0.769. The molecule has 0 bridgehead atoms. The van der Waals surface area contributed by atoms with Gasteiger partial charge in [0.25, 0.3) is 0 Å². The fraction of sp³-hybridized carbons (Fsp3) is 0.621. The molecular weight excluding hydrogens is 488 g/mol. The molecule has 2 heterocycles. The van der Waals surface area contributed by atoms with Crippen LogP contribution < -0.4 is 0 Å². The molecule has 0 fully saturated rings. The Balaban J connectivity index is 1.29. The van der Waals surface area contributed by atoms with Crippen LogP contribution in [0.2, 0.25) is 0 Å². The third-order valence-electron chi connectivity index (χ3n) is 7.95. The first-order valence-electron chi connectivity index (χ1n) is 13.4. The van der Waals surface area contributed by atoms with Crippen LogP contribution in [0, 0.1) is 5.92 Å². The van der Waals surface area contributed by atoms with Crippen molar-refractivity contribution in [1.82, 2.24) is 9.47 Å². The SMILES string of the molecule is CCC(C)CCCCCCCCC(=O)OCn1c(Br)c2c3c(cccc31)C1=CCCN(C)C1C2. The summed E-state index contributed by atoms with van der Waals surface area (Å²) in [5.41, 5.74) is 5.28. The minimum atomic E-state index is -0.0887. The summed E-state index contributed by atoms with van der Waals surface area (Å²) >= 11 is 3.85. The van der Waals surface area contributed by atoms with E-state index in [9.17, 15) is 4.79 Å². The van der Waals surface area contributed by atoms with Crippen LogP contribution in [0.4, 0.5) is 0 Å². The van der Waals surface area contributed by atoms with Crippen molar-refractivity contribution in [3.8, 4) is 0 Å². The van der Waals surface area contributed by atoms with Crippen LogP contribution >= 0.6 is 15.9 Å². The van der Waals surface area contributed by atoms with Gasteiger partial charge in [-0.25, -0.2) is 0 Å². The van der Waals surface area contributed by atoms with Crippen LogP contribution in [-0.4, -0.2) is 35.1 Å². The highest BCUT2D eigenvalue weighted by Crippen LogP contribution is 2.44. The zero-order chi connectivity index (χ0) is 24.1. The van der Waals surface area contributed by atoms with Gasteiger partial charge in [0.1, 0.15) is 0 Å². The highest BCUT2D eigenvalue weighted by Gasteiger charge is 2.33. The predicted octanol–water partition coefficient (Wildman–Crippen LogP) is 7.72. The Morgan fingerprint density at radius 1 is 1.18 bits per heavy atom. The number of carbonyl (C=O) groups is 1. The van der Waals surface area contributed by atoms with Crippen LogP contribution in [0.15, 0.2) is 28.9 Å². The molecule has 0 saturated carbocycles. The first-order chi connectivity index (χ1) is 16.5. The topological polar surface area (TPSA) is 34.5 Å². The second kappa shape index (κ2) is 11.9. The van der Waals surface area contributed by atoms with Crippen molar-refractivity contribution in [3.05, 3.63) is 40.0 Å². The smallest absolute Gasteiger partial charge is 0.307 e. The highest BCUT2D eigenvalue weighted by molar-refractivity contribution is 9.10. The largest absolute Gasteiger partial charge is 0.444 e. The molecule has 4 nitrogen and oxygen atoms in total. The van der Waals surface area contributed by atoms with Crippen LogP contribution in [0.25, 0.3) is 16.5 Å². The lowest BCUT2D eigenvalue weighted by molar-refractivity contribution is -0.147. The summed E-state index contributed by atoms with van der Waals surface area (Å²) in [7, 11) is 2.22. The predicted molar refractivity (Wildman–Crippen MR) is 145 cm³/mol. The van der Waals surface area contributed by atoms with E-state index < -0.39 is 0 Å². The molecule has 0 radical (unpaired) electrons. The van der Waals surface area contributed by atoms with Gasteiger partial charge in [-0.05, 0) is 70.9 Å². The summed E-state index contributed by atoms with van der Waals surface area (Å²) in [6.07, 6.45) is 14.9. The molecule has 0 spiro atoms. The van der Waals surface area contributed by atoms with Crippen molar-refractivity contribution in [1.29, 1.82) is 0 Å². The molecule has 0 saturated heterocycles. The molecule has 1 aromatic heterocycles. The number of benzene rings is 1. The van der Waals surface area contributed by atoms with Crippen LogP contribution in [0.3, 0.4) is 0 Å². The Morgan fingerprint density at radius 3 is 2.74 bits per heavy atom. The summed E-state index contributed by atoms with van der Waals surface area (Å²) in [5, 5.41) is 1.32. The van der Waals surface area contributed by atoms with Gasteiger partial charge in [-0.1, -0.05) is 77.0 Å². The summed E-state index contributed by atoms with van der Waals surface area (Å²) in [6.45, 7) is 5.99. The average Bonchev–Trinajstić information content (AvgIpc) is 3.11. The normalized spacial score (nSPS) is 18.6. The first-order valence-corrected chi connectivity index (χ1v) is 14.2. The molecule has 1 aliphatic heterocycles. The molecule has 34 heavy (non-hydrogen) atoms.